The summed E-state index contributed by atoms with van der Waals surface area (Å²) in [4.78, 5) is 11.9. The average molecular weight is 379 g/mol. The Balaban J connectivity index is 2.41. The fourth-order valence-electron chi connectivity index (χ4n) is 2.91. The number of alkyl halides is 3. The third-order valence-corrected chi connectivity index (χ3v) is 6.17. The third kappa shape index (κ3) is 4.14. The van der Waals surface area contributed by atoms with Gasteiger partial charge in [0.1, 0.15) is 6.04 Å². The molecule has 5 nitrogen and oxygen atoms in total. The van der Waals surface area contributed by atoms with Crippen LogP contribution in [0.1, 0.15) is 37.3 Å². The van der Waals surface area contributed by atoms with E-state index < -0.39 is 33.8 Å². The predicted octanol–water partition coefficient (Wildman–Crippen LogP) is 3.12. The second-order valence-corrected chi connectivity index (χ2v) is 7.72. The zero-order valence-corrected chi connectivity index (χ0v) is 14.8. The molecule has 0 spiro atoms. The van der Waals surface area contributed by atoms with E-state index in [9.17, 15) is 26.4 Å². The molecule has 1 aromatic carbocycles. The number of esters is 1. The summed E-state index contributed by atoms with van der Waals surface area (Å²) in [5, 5.41) is 0. The van der Waals surface area contributed by atoms with Gasteiger partial charge in [-0.3, -0.25) is 4.79 Å². The van der Waals surface area contributed by atoms with Crippen LogP contribution in [0.3, 0.4) is 0 Å². The molecule has 25 heavy (non-hydrogen) atoms. The molecule has 1 atom stereocenters. The summed E-state index contributed by atoms with van der Waals surface area (Å²) < 4.78 is 70.2. The molecule has 1 unspecified atom stereocenters. The molecule has 1 fully saturated rings. The standard InChI is InChI=1S/C16H20F3NO4S/c1-3-24-15(21)13-6-4-5-9-20(13)25(22,23)14-8-7-12(10-11(14)2)16(17,18)19/h7-8,10,13H,3-6,9H2,1-2H3. The summed E-state index contributed by atoms with van der Waals surface area (Å²) in [5.74, 6) is -0.629. The van der Waals surface area contributed by atoms with Crippen molar-refractivity contribution in [3.05, 3.63) is 29.3 Å². The topological polar surface area (TPSA) is 63.7 Å². The minimum Gasteiger partial charge on any atom is -0.465 e. The van der Waals surface area contributed by atoms with Gasteiger partial charge < -0.3 is 4.74 Å². The van der Waals surface area contributed by atoms with Crippen LogP contribution in [-0.4, -0.2) is 37.9 Å². The molecule has 1 aromatic rings. The Kier molecular flexibility index (Phi) is 5.78. The van der Waals surface area contributed by atoms with E-state index >= 15 is 0 Å². The molecular weight excluding hydrogens is 359 g/mol. The molecular formula is C16H20F3NO4S. The fourth-order valence-corrected chi connectivity index (χ4v) is 4.76. The van der Waals surface area contributed by atoms with Crippen LogP contribution in [0.4, 0.5) is 13.2 Å². The first-order chi connectivity index (χ1) is 11.6. The molecule has 0 aromatic heterocycles. The fraction of sp³-hybridized carbons (Fsp3) is 0.562. The maximum Gasteiger partial charge on any atom is 0.416 e. The third-order valence-electron chi connectivity index (χ3n) is 4.10. The first kappa shape index (κ1) is 19.7. The molecule has 1 aliphatic heterocycles. The zero-order valence-electron chi connectivity index (χ0n) is 14.0. The highest BCUT2D eigenvalue weighted by molar-refractivity contribution is 7.89. The number of hydrogen-bond donors (Lipinski definition) is 0. The normalized spacial score (nSPS) is 19.6. The second-order valence-electron chi connectivity index (χ2n) is 5.86. The molecule has 140 valence electrons. The summed E-state index contributed by atoms with van der Waals surface area (Å²) in [5.41, 5.74) is -0.924. The van der Waals surface area contributed by atoms with Gasteiger partial charge in [0.15, 0.2) is 0 Å². The summed E-state index contributed by atoms with van der Waals surface area (Å²) in [6.45, 7) is 3.19. The van der Waals surface area contributed by atoms with E-state index in [1.807, 2.05) is 0 Å². The maximum absolute atomic E-state index is 12.9. The zero-order chi connectivity index (χ0) is 18.8. The van der Waals surface area contributed by atoms with Gasteiger partial charge in [-0.1, -0.05) is 0 Å². The Morgan fingerprint density at radius 2 is 2.00 bits per heavy atom. The van der Waals surface area contributed by atoms with E-state index in [2.05, 4.69) is 0 Å². The van der Waals surface area contributed by atoms with Crippen LogP contribution in [0.2, 0.25) is 0 Å². The van der Waals surface area contributed by atoms with Gasteiger partial charge in [-0.25, -0.2) is 8.42 Å². The predicted molar refractivity (Wildman–Crippen MR) is 84.3 cm³/mol. The lowest BCUT2D eigenvalue weighted by Gasteiger charge is -2.33. The van der Waals surface area contributed by atoms with Gasteiger partial charge in [-0.05, 0) is 56.9 Å². The first-order valence-electron chi connectivity index (χ1n) is 7.95. The van der Waals surface area contributed by atoms with Crippen LogP contribution in [0.25, 0.3) is 0 Å². The maximum atomic E-state index is 12.9. The molecule has 0 amide bonds. The highest BCUT2D eigenvalue weighted by Crippen LogP contribution is 2.33. The van der Waals surface area contributed by atoms with Gasteiger partial charge >= 0.3 is 12.1 Å². The Labute approximate surface area is 144 Å². The summed E-state index contributed by atoms with van der Waals surface area (Å²) in [7, 11) is -4.10. The molecule has 0 N–H and O–H groups in total. The second kappa shape index (κ2) is 7.33. The van der Waals surface area contributed by atoms with E-state index in [0.29, 0.717) is 19.3 Å². The number of nitrogens with zero attached hydrogens (tertiary/aromatic N) is 1. The number of sulfonamides is 1. The number of carbonyl (C=O) groups excluding carboxylic acids is 1. The van der Waals surface area contributed by atoms with Crippen molar-refractivity contribution in [2.24, 2.45) is 0 Å². The van der Waals surface area contributed by atoms with E-state index in [-0.39, 0.29) is 23.6 Å². The minimum atomic E-state index is -4.55. The molecule has 0 aliphatic carbocycles. The lowest BCUT2D eigenvalue weighted by atomic mass is 10.1. The summed E-state index contributed by atoms with van der Waals surface area (Å²) in [6.07, 6.45) is -2.96. The van der Waals surface area contributed by atoms with Crippen LogP contribution in [0.15, 0.2) is 23.1 Å². The minimum absolute atomic E-state index is 0.0111. The molecule has 0 saturated carbocycles. The highest BCUT2D eigenvalue weighted by atomic mass is 32.2. The van der Waals surface area contributed by atoms with Gasteiger partial charge in [0.2, 0.25) is 10.0 Å². The Morgan fingerprint density at radius 3 is 2.56 bits per heavy atom. The van der Waals surface area contributed by atoms with Crippen molar-refractivity contribution in [1.29, 1.82) is 0 Å². The van der Waals surface area contributed by atoms with E-state index in [1.54, 1.807) is 6.92 Å². The van der Waals surface area contributed by atoms with Crippen molar-refractivity contribution in [2.45, 2.75) is 50.2 Å². The first-order valence-corrected chi connectivity index (χ1v) is 9.39. The molecule has 1 heterocycles. The number of ether oxygens (including phenoxy) is 1. The number of hydrogen-bond acceptors (Lipinski definition) is 4. The van der Waals surface area contributed by atoms with Gasteiger partial charge in [0.05, 0.1) is 17.1 Å². The van der Waals surface area contributed by atoms with Gasteiger partial charge in [-0.2, -0.15) is 17.5 Å². The number of halogens is 3. The lowest BCUT2D eigenvalue weighted by molar-refractivity contribution is -0.148. The molecule has 1 aliphatic rings. The van der Waals surface area contributed by atoms with Crippen molar-refractivity contribution in [1.82, 2.24) is 4.31 Å². The number of benzene rings is 1. The molecule has 9 heteroatoms. The summed E-state index contributed by atoms with van der Waals surface area (Å²) in [6, 6.07) is 1.55. The Bertz CT molecular complexity index is 746. The van der Waals surface area contributed by atoms with Crippen molar-refractivity contribution in [3.8, 4) is 0 Å². The van der Waals surface area contributed by atoms with E-state index in [1.165, 1.54) is 6.92 Å². The van der Waals surface area contributed by atoms with Crippen molar-refractivity contribution >= 4 is 16.0 Å². The van der Waals surface area contributed by atoms with Crippen LogP contribution in [0, 0.1) is 6.92 Å². The van der Waals surface area contributed by atoms with Crippen LogP contribution in [-0.2, 0) is 25.7 Å². The molecule has 1 saturated heterocycles. The monoisotopic (exact) mass is 379 g/mol. The SMILES string of the molecule is CCOC(=O)C1CCCCN1S(=O)(=O)c1ccc(C(F)(F)F)cc1C. The number of carbonyl (C=O) groups is 1. The van der Waals surface area contributed by atoms with Crippen molar-refractivity contribution < 1.29 is 31.1 Å². The van der Waals surface area contributed by atoms with E-state index in [0.717, 1.165) is 22.5 Å². The highest BCUT2D eigenvalue weighted by Gasteiger charge is 2.39. The van der Waals surface area contributed by atoms with Crippen LogP contribution < -0.4 is 0 Å². The van der Waals surface area contributed by atoms with Gasteiger partial charge in [-0.15, -0.1) is 0 Å². The van der Waals surface area contributed by atoms with Gasteiger partial charge in [0, 0.05) is 6.54 Å². The summed E-state index contributed by atoms with van der Waals surface area (Å²) >= 11 is 0. The number of piperidine rings is 1. The van der Waals surface area contributed by atoms with Crippen LogP contribution in [0.5, 0.6) is 0 Å². The van der Waals surface area contributed by atoms with Crippen molar-refractivity contribution in [2.75, 3.05) is 13.2 Å². The molecule has 0 radical (unpaired) electrons. The Hall–Kier alpha value is -1.61. The number of aryl methyl sites for hydroxylation is 1. The Morgan fingerprint density at radius 1 is 1.32 bits per heavy atom. The quantitative estimate of drug-likeness (QED) is 0.754. The largest absolute Gasteiger partial charge is 0.465 e. The molecule has 2 rings (SSSR count). The van der Waals surface area contributed by atoms with Gasteiger partial charge in [0.25, 0.3) is 0 Å². The average Bonchev–Trinajstić information content (AvgIpc) is 2.54. The number of rotatable bonds is 4. The van der Waals surface area contributed by atoms with Crippen molar-refractivity contribution in [3.63, 3.8) is 0 Å². The lowest BCUT2D eigenvalue weighted by Crippen LogP contribution is -2.48. The smallest absolute Gasteiger partial charge is 0.416 e. The van der Waals surface area contributed by atoms with Crippen LogP contribution >= 0.6 is 0 Å². The molecule has 0 bridgehead atoms. The van der Waals surface area contributed by atoms with E-state index in [4.69, 9.17) is 4.74 Å².